The summed E-state index contributed by atoms with van der Waals surface area (Å²) in [4.78, 5) is 25.2. The minimum Gasteiger partial charge on any atom is -0.494 e. The highest BCUT2D eigenvalue weighted by molar-refractivity contribution is 8.00. The number of hydrogen-bond donors (Lipinski definition) is 2. The number of carbonyl (C=O) groups is 2. The van der Waals surface area contributed by atoms with Crippen molar-refractivity contribution in [2.24, 2.45) is 0 Å². The molecule has 0 aliphatic heterocycles. The molecule has 0 fully saturated rings. The van der Waals surface area contributed by atoms with E-state index in [1.165, 1.54) is 17.3 Å². The Labute approximate surface area is 152 Å². The molecule has 25 heavy (non-hydrogen) atoms. The molecule has 6 heteroatoms. The molecule has 0 saturated heterocycles. The van der Waals surface area contributed by atoms with Gasteiger partial charge in [-0.05, 0) is 57.2 Å². The maximum absolute atomic E-state index is 12.1. The molecule has 5 nitrogen and oxygen atoms in total. The van der Waals surface area contributed by atoms with Crippen LogP contribution >= 0.6 is 11.8 Å². The van der Waals surface area contributed by atoms with Crippen LogP contribution in [0.3, 0.4) is 0 Å². The van der Waals surface area contributed by atoms with Gasteiger partial charge in [0.25, 0.3) is 11.8 Å². The Hall–Kier alpha value is -2.47. The first-order valence-electron chi connectivity index (χ1n) is 8.06. The summed E-state index contributed by atoms with van der Waals surface area (Å²) in [5.41, 5.74) is 6.51. The first kappa shape index (κ1) is 18.9. The van der Waals surface area contributed by atoms with E-state index < -0.39 is 0 Å². The van der Waals surface area contributed by atoms with Gasteiger partial charge in [-0.3, -0.25) is 20.4 Å². The molecule has 0 aliphatic rings. The Morgan fingerprint density at radius 1 is 1.04 bits per heavy atom. The second-order valence-corrected chi connectivity index (χ2v) is 6.89. The standard InChI is InChI=1S/C19H22N2O3S/c1-4-24-16-9-7-15(8-10-16)19(23)21-20-18(22)14(3)25-17-11-5-13(2)6-12-17/h5-12,14H,4H2,1-3H3,(H,20,22)(H,21,23)/t14-/m1/s1. The number of thioether (sulfide) groups is 1. The van der Waals surface area contributed by atoms with Gasteiger partial charge in [-0.2, -0.15) is 0 Å². The molecule has 0 aliphatic carbocycles. The quantitative estimate of drug-likeness (QED) is 0.614. The maximum atomic E-state index is 12.1. The van der Waals surface area contributed by atoms with Gasteiger partial charge in [0.1, 0.15) is 5.75 Å². The van der Waals surface area contributed by atoms with Crippen LogP contribution in [0, 0.1) is 6.92 Å². The summed E-state index contributed by atoms with van der Waals surface area (Å²) in [5, 5.41) is -0.330. The number of hydrazine groups is 1. The van der Waals surface area contributed by atoms with Crippen molar-refractivity contribution in [2.75, 3.05) is 6.61 Å². The monoisotopic (exact) mass is 358 g/mol. The van der Waals surface area contributed by atoms with Crippen LogP contribution in [0.4, 0.5) is 0 Å². The predicted octanol–water partition coefficient (Wildman–Crippen LogP) is 3.34. The zero-order chi connectivity index (χ0) is 18.2. The average molecular weight is 358 g/mol. The highest BCUT2D eigenvalue weighted by Gasteiger charge is 2.15. The molecule has 2 rings (SSSR count). The average Bonchev–Trinajstić information content (AvgIpc) is 2.62. The molecule has 132 valence electrons. The van der Waals surface area contributed by atoms with Crippen molar-refractivity contribution < 1.29 is 14.3 Å². The first-order valence-corrected chi connectivity index (χ1v) is 8.94. The summed E-state index contributed by atoms with van der Waals surface area (Å²) in [6, 6.07) is 14.7. The lowest BCUT2D eigenvalue weighted by molar-refractivity contribution is -0.121. The van der Waals surface area contributed by atoms with Crippen molar-refractivity contribution >= 4 is 23.6 Å². The van der Waals surface area contributed by atoms with E-state index in [0.717, 1.165) is 4.90 Å². The summed E-state index contributed by atoms with van der Waals surface area (Å²) < 4.78 is 5.33. The molecule has 1 atom stereocenters. The molecule has 2 aromatic rings. The number of hydrogen-bond acceptors (Lipinski definition) is 4. The fourth-order valence-electron chi connectivity index (χ4n) is 2.04. The Bertz CT molecular complexity index is 714. The van der Waals surface area contributed by atoms with Gasteiger partial charge in [0.15, 0.2) is 0 Å². The highest BCUT2D eigenvalue weighted by atomic mass is 32.2. The number of ether oxygens (including phenoxy) is 1. The van der Waals surface area contributed by atoms with E-state index in [1.807, 2.05) is 38.1 Å². The number of nitrogens with one attached hydrogen (secondary N) is 2. The van der Waals surface area contributed by atoms with E-state index in [9.17, 15) is 9.59 Å². The number of benzene rings is 2. The van der Waals surface area contributed by atoms with Crippen LogP contribution in [0.2, 0.25) is 0 Å². The van der Waals surface area contributed by atoms with Gasteiger partial charge in [0, 0.05) is 10.5 Å². The Morgan fingerprint density at radius 3 is 2.28 bits per heavy atom. The maximum Gasteiger partial charge on any atom is 0.269 e. The zero-order valence-electron chi connectivity index (χ0n) is 14.5. The molecule has 0 radical (unpaired) electrons. The highest BCUT2D eigenvalue weighted by Crippen LogP contribution is 2.23. The van der Waals surface area contributed by atoms with E-state index in [1.54, 1.807) is 31.2 Å². The van der Waals surface area contributed by atoms with Crippen molar-refractivity contribution in [3.05, 3.63) is 59.7 Å². The van der Waals surface area contributed by atoms with Gasteiger partial charge in [0.2, 0.25) is 0 Å². The lowest BCUT2D eigenvalue weighted by Gasteiger charge is -2.13. The summed E-state index contributed by atoms with van der Waals surface area (Å²) in [6.07, 6.45) is 0. The summed E-state index contributed by atoms with van der Waals surface area (Å²) >= 11 is 1.44. The third kappa shape index (κ3) is 5.83. The van der Waals surface area contributed by atoms with Crippen LogP contribution < -0.4 is 15.6 Å². The van der Waals surface area contributed by atoms with Crippen LogP contribution in [0.25, 0.3) is 0 Å². The van der Waals surface area contributed by atoms with Crippen LogP contribution in [0.1, 0.15) is 29.8 Å². The summed E-state index contributed by atoms with van der Waals surface area (Å²) in [6.45, 7) is 6.27. The number of rotatable bonds is 6. The van der Waals surface area contributed by atoms with Gasteiger partial charge in [-0.1, -0.05) is 17.7 Å². The second-order valence-electron chi connectivity index (χ2n) is 5.47. The van der Waals surface area contributed by atoms with Crippen LogP contribution in [-0.2, 0) is 4.79 Å². The summed E-state index contributed by atoms with van der Waals surface area (Å²) in [7, 11) is 0. The lowest BCUT2D eigenvalue weighted by atomic mass is 10.2. The molecule has 0 aromatic heterocycles. The molecule has 0 unspecified atom stereocenters. The normalized spacial score (nSPS) is 11.5. The van der Waals surface area contributed by atoms with Gasteiger partial charge in [-0.25, -0.2) is 0 Å². The van der Waals surface area contributed by atoms with Crippen molar-refractivity contribution in [3.8, 4) is 5.75 Å². The number of carbonyl (C=O) groups excluding carboxylic acids is 2. The van der Waals surface area contributed by atoms with Gasteiger partial charge in [-0.15, -0.1) is 11.8 Å². The third-order valence-corrected chi connectivity index (χ3v) is 4.54. The van der Waals surface area contributed by atoms with Gasteiger partial charge in [0.05, 0.1) is 11.9 Å². The third-order valence-electron chi connectivity index (χ3n) is 3.43. The first-order chi connectivity index (χ1) is 12.0. The van der Waals surface area contributed by atoms with Crippen molar-refractivity contribution in [1.29, 1.82) is 0 Å². The Morgan fingerprint density at radius 2 is 1.68 bits per heavy atom. The van der Waals surface area contributed by atoms with E-state index in [-0.39, 0.29) is 17.1 Å². The molecular formula is C19H22N2O3S. The molecule has 2 aromatic carbocycles. The second kappa shape index (κ2) is 9.13. The van der Waals surface area contributed by atoms with Gasteiger partial charge >= 0.3 is 0 Å². The van der Waals surface area contributed by atoms with Crippen molar-refractivity contribution in [1.82, 2.24) is 10.9 Å². The van der Waals surface area contributed by atoms with Crippen molar-refractivity contribution in [2.45, 2.75) is 30.9 Å². The predicted molar refractivity (Wildman–Crippen MR) is 99.7 cm³/mol. The zero-order valence-corrected chi connectivity index (χ0v) is 15.4. The number of aryl methyl sites for hydroxylation is 1. The Kier molecular flexibility index (Phi) is 6.89. The molecule has 0 saturated carbocycles. The molecule has 0 spiro atoms. The van der Waals surface area contributed by atoms with E-state index in [2.05, 4.69) is 10.9 Å². The van der Waals surface area contributed by atoms with Crippen LogP contribution in [0.15, 0.2) is 53.4 Å². The van der Waals surface area contributed by atoms with Crippen LogP contribution in [0.5, 0.6) is 5.75 Å². The fraction of sp³-hybridized carbons (Fsp3) is 0.263. The van der Waals surface area contributed by atoms with E-state index in [0.29, 0.717) is 17.9 Å². The van der Waals surface area contributed by atoms with E-state index in [4.69, 9.17) is 4.74 Å². The topological polar surface area (TPSA) is 67.4 Å². The minimum absolute atomic E-state index is 0.259. The fourth-order valence-corrected chi connectivity index (χ4v) is 2.90. The smallest absolute Gasteiger partial charge is 0.269 e. The summed E-state index contributed by atoms with van der Waals surface area (Å²) in [5.74, 6) is 0.0694. The lowest BCUT2D eigenvalue weighted by Crippen LogP contribution is -2.44. The molecule has 2 N–H and O–H groups in total. The largest absolute Gasteiger partial charge is 0.494 e. The molecular weight excluding hydrogens is 336 g/mol. The van der Waals surface area contributed by atoms with Crippen LogP contribution in [-0.4, -0.2) is 23.7 Å². The minimum atomic E-state index is -0.371. The number of amides is 2. The SMILES string of the molecule is CCOc1ccc(C(=O)NNC(=O)[C@@H](C)Sc2ccc(C)cc2)cc1. The van der Waals surface area contributed by atoms with E-state index >= 15 is 0 Å². The molecule has 2 amide bonds. The molecule has 0 bridgehead atoms. The van der Waals surface area contributed by atoms with Gasteiger partial charge < -0.3 is 4.74 Å². The Balaban J connectivity index is 1.83. The van der Waals surface area contributed by atoms with Crippen molar-refractivity contribution in [3.63, 3.8) is 0 Å². The molecule has 0 heterocycles.